The first-order valence-electron chi connectivity index (χ1n) is 14.9. The van der Waals surface area contributed by atoms with Crippen LogP contribution in [0.5, 0.6) is 5.75 Å². The Morgan fingerprint density at radius 2 is 1.95 bits per heavy atom. The molecular weight excluding hydrogens is 549 g/mol. The highest BCUT2D eigenvalue weighted by molar-refractivity contribution is 6.00. The van der Waals surface area contributed by atoms with Crippen molar-refractivity contribution in [1.82, 2.24) is 14.5 Å². The number of aromatic nitrogens is 2. The van der Waals surface area contributed by atoms with Crippen molar-refractivity contribution in [1.29, 1.82) is 0 Å². The molecule has 4 atom stereocenters. The highest BCUT2D eigenvalue weighted by atomic mass is 19.1. The topological polar surface area (TPSA) is 104 Å². The van der Waals surface area contributed by atoms with Gasteiger partial charge < -0.3 is 19.8 Å². The number of fused-ring (bicyclic) bond motifs is 2. The number of nitrogens with zero attached hydrogens (tertiary/aromatic N) is 3. The number of aliphatic carboxylic acids is 1. The summed E-state index contributed by atoms with van der Waals surface area (Å²) in [6, 6.07) is 16.3. The van der Waals surface area contributed by atoms with Crippen molar-refractivity contribution < 1.29 is 28.9 Å². The first-order valence-corrected chi connectivity index (χ1v) is 14.9. The van der Waals surface area contributed by atoms with Crippen LogP contribution in [-0.2, 0) is 17.6 Å². The number of hydrogen-bond donors (Lipinski definition) is 2. The van der Waals surface area contributed by atoms with E-state index in [4.69, 9.17) is 9.84 Å². The molecule has 0 radical (unpaired) electrons. The maximum Gasteiger partial charge on any atom is 0.307 e. The number of carbonyl (C=O) groups excluding carboxylic acids is 1. The minimum Gasteiger partial charge on any atom is -0.494 e. The number of ether oxygens (including phenoxy) is 1. The number of carboxylic acids is 1. The van der Waals surface area contributed by atoms with Gasteiger partial charge in [0.1, 0.15) is 11.3 Å². The van der Waals surface area contributed by atoms with Gasteiger partial charge in [0.2, 0.25) is 0 Å². The highest BCUT2D eigenvalue weighted by Crippen LogP contribution is 2.48. The van der Waals surface area contributed by atoms with Gasteiger partial charge in [-0.05, 0) is 85.9 Å². The summed E-state index contributed by atoms with van der Waals surface area (Å²) in [5.41, 5.74) is 5.45. The van der Waals surface area contributed by atoms with Crippen LogP contribution >= 0.6 is 0 Å². The monoisotopic (exact) mass is 585 g/mol. The van der Waals surface area contributed by atoms with E-state index in [1.165, 1.54) is 18.7 Å². The number of halogens is 1. The molecule has 2 N–H and O–H groups in total. The fourth-order valence-corrected chi connectivity index (χ4v) is 6.52. The predicted molar refractivity (Wildman–Crippen MR) is 160 cm³/mol. The molecule has 1 aliphatic carbocycles. The van der Waals surface area contributed by atoms with Crippen LogP contribution in [-0.4, -0.2) is 56.4 Å². The fraction of sp³-hybridized carbons (Fsp3) is 0.382. The molecule has 1 amide bonds. The molecule has 9 heteroatoms. The average Bonchev–Trinajstić information content (AvgIpc) is 3.70. The maximum absolute atomic E-state index is 15.4. The van der Waals surface area contributed by atoms with Gasteiger partial charge in [0.25, 0.3) is 5.91 Å². The van der Waals surface area contributed by atoms with Crippen LogP contribution in [0.2, 0.25) is 0 Å². The van der Waals surface area contributed by atoms with Crippen molar-refractivity contribution in [2.24, 2.45) is 5.92 Å². The van der Waals surface area contributed by atoms with Crippen molar-refractivity contribution in [2.75, 3.05) is 13.7 Å². The SMILES string of the molecule is CCc1cc(C(=O)N2CCc3ccccc3[C@H]2CCC(C)O)c(OC)c2cc(-c3ccc(C4CC4C(=O)O)cc3F)nn12. The Labute approximate surface area is 249 Å². The Kier molecular flexibility index (Phi) is 7.68. The molecule has 4 aromatic rings. The van der Waals surface area contributed by atoms with Gasteiger partial charge in [-0.3, -0.25) is 9.59 Å². The van der Waals surface area contributed by atoms with Crippen molar-refractivity contribution in [3.05, 3.63) is 88.4 Å². The fourth-order valence-electron chi connectivity index (χ4n) is 6.52. The number of aliphatic hydroxyl groups is 1. The lowest BCUT2D eigenvalue weighted by Gasteiger charge is -2.38. The Hall–Kier alpha value is -4.24. The van der Waals surface area contributed by atoms with E-state index in [9.17, 15) is 19.8 Å². The molecule has 224 valence electrons. The van der Waals surface area contributed by atoms with Crippen LogP contribution in [0.1, 0.15) is 77.8 Å². The van der Waals surface area contributed by atoms with Gasteiger partial charge in [0, 0.05) is 17.8 Å². The van der Waals surface area contributed by atoms with Gasteiger partial charge in [0.15, 0.2) is 5.75 Å². The standard InChI is InChI=1S/C34H36FN3O5/c1-4-22-16-27(33(40)37-14-13-20-7-5-6-8-23(20)30(37)12-9-19(2)39)32(43-3)31-18-29(36-38(22)31)24-11-10-21(15-28(24)35)25-17-26(25)34(41)42/h5-8,10-11,15-16,18-19,25-26,30,39H,4,9,12-14,17H2,1-3H3,(H,41,42)/t19?,25?,26?,30-/m1/s1. The van der Waals surface area contributed by atoms with E-state index >= 15 is 4.39 Å². The molecule has 0 saturated heterocycles. The van der Waals surface area contributed by atoms with E-state index in [2.05, 4.69) is 12.1 Å². The van der Waals surface area contributed by atoms with Crippen molar-refractivity contribution in [2.45, 2.75) is 64.0 Å². The number of carboxylic acid groups (broad SMARTS) is 1. The molecule has 0 spiro atoms. The molecule has 2 aromatic carbocycles. The zero-order valence-corrected chi connectivity index (χ0v) is 24.6. The Balaban J connectivity index is 1.39. The Bertz CT molecular complexity index is 1710. The smallest absolute Gasteiger partial charge is 0.307 e. The molecule has 2 aliphatic rings. The third kappa shape index (κ3) is 5.27. The number of carbonyl (C=O) groups is 2. The minimum atomic E-state index is -0.859. The molecular formula is C34H36FN3O5. The molecule has 1 aliphatic heterocycles. The second kappa shape index (κ2) is 11.4. The molecule has 3 unspecified atom stereocenters. The lowest BCUT2D eigenvalue weighted by molar-refractivity contribution is -0.138. The van der Waals surface area contributed by atoms with Crippen LogP contribution in [0.4, 0.5) is 4.39 Å². The molecule has 2 aromatic heterocycles. The van der Waals surface area contributed by atoms with Crippen LogP contribution in [0, 0.1) is 11.7 Å². The molecule has 6 rings (SSSR count). The molecule has 0 bridgehead atoms. The quantitative estimate of drug-likeness (QED) is 0.257. The van der Waals surface area contributed by atoms with Crippen molar-refractivity contribution in [3.63, 3.8) is 0 Å². The van der Waals surface area contributed by atoms with E-state index in [0.29, 0.717) is 65.9 Å². The van der Waals surface area contributed by atoms with E-state index < -0.39 is 23.8 Å². The lowest BCUT2D eigenvalue weighted by Crippen LogP contribution is -2.40. The maximum atomic E-state index is 15.4. The van der Waals surface area contributed by atoms with Gasteiger partial charge in [-0.15, -0.1) is 0 Å². The van der Waals surface area contributed by atoms with Crippen LogP contribution < -0.4 is 4.74 Å². The van der Waals surface area contributed by atoms with Gasteiger partial charge in [-0.25, -0.2) is 8.91 Å². The summed E-state index contributed by atoms with van der Waals surface area (Å²) in [5, 5.41) is 24.0. The largest absolute Gasteiger partial charge is 0.494 e. The Morgan fingerprint density at radius 3 is 2.63 bits per heavy atom. The average molecular weight is 586 g/mol. The summed E-state index contributed by atoms with van der Waals surface area (Å²) in [7, 11) is 1.52. The highest BCUT2D eigenvalue weighted by Gasteiger charge is 2.44. The number of aliphatic hydroxyl groups excluding tert-OH is 1. The van der Waals surface area contributed by atoms with Crippen molar-refractivity contribution in [3.8, 4) is 17.0 Å². The van der Waals surface area contributed by atoms with Gasteiger partial charge in [-0.2, -0.15) is 5.10 Å². The number of hydrogen-bond acceptors (Lipinski definition) is 5. The lowest BCUT2D eigenvalue weighted by atomic mass is 9.88. The van der Waals surface area contributed by atoms with E-state index in [1.54, 1.807) is 29.6 Å². The van der Waals surface area contributed by atoms with Gasteiger partial charge in [-0.1, -0.05) is 37.3 Å². The zero-order valence-electron chi connectivity index (χ0n) is 24.6. The van der Waals surface area contributed by atoms with Crippen LogP contribution in [0.25, 0.3) is 16.8 Å². The summed E-state index contributed by atoms with van der Waals surface area (Å²) < 4.78 is 22.9. The summed E-state index contributed by atoms with van der Waals surface area (Å²) in [6.45, 7) is 4.28. The second-order valence-electron chi connectivity index (χ2n) is 11.7. The first-order chi connectivity index (χ1) is 20.7. The zero-order chi connectivity index (χ0) is 30.4. The number of aryl methyl sites for hydroxylation is 1. The van der Waals surface area contributed by atoms with E-state index in [-0.39, 0.29) is 17.9 Å². The Morgan fingerprint density at radius 1 is 1.16 bits per heavy atom. The molecule has 8 nitrogen and oxygen atoms in total. The van der Waals surface area contributed by atoms with E-state index in [1.807, 2.05) is 30.0 Å². The normalized spacial score (nSPS) is 20.1. The third-order valence-corrected chi connectivity index (χ3v) is 8.90. The third-order valence-electron chi connectivity index (χ3n) is 8.90. The van der Waals surface area contributed by atoms with Crippen LogP contribution in [0.15, 0.2) is 54.6 Å². The van der Waals surface area contributed by atoms with Gasteiger partial charge in [0.05, 0.1) is 36.4 Å². The molecule has 1 saturated carbocycles. The predicted octanol–water partition coefficient (Wildman–Crippen LogP) is 5.80. The number of benzene rings is 2. The summed E-state index contributed by atoms with van der Waals surface area (Å²) in [6.07, 6.45) is 2.54. The second-order valence-corrected chi connectivity index (χ2v) is 11.7. The number of rotatable bonds is 9. The first kappa shape index (κ1) is 28.9. The molecule has 3 heterocycles. The summed E-state index contributed by atoms with van der Waals surface area (Å²) >= 11 is 0. The molecule has 43 heavy (non-hydrogen) atoms. The number of methoxy groups -OCH3 is 1. The van der Waals surface area contributed by atoms with Gasteiger partial charge >= 0.3 is 5.97 Å². The summed E-state index contributed by atoms with van der Waals surface area (Å²) in [5.74, 6) is -1.76. The van der Waals surface area contributed by atoms with E-state index in [0.717, 1.165) is 17.7 Å². The molecule has 1 fully saturated rings. The van der Waals surface area contributed by atoms with Crippen LogP contribution in [0.3, 0.4) is 0 Å². The number of amides is 1. The van der Waals surface area contributed by atoms with Crippen molar-refractivity contribution >= 4 is 17.4 Å². The number of pyridine rings is 1. The summed E-state index contributed by atoms with van der Waals surface area (Å²) in [4.78, 5) is 27.5. The minimum absolute atomic E-state index is 0.158.